The van der Waals surface area contributed by atoms with Crippen molar-refractivity contribution in [3.8, 4) is 0 Å². The van der Waals surface area contributed by atoms with Crippen LogP contribution in [0.1, 0.15) is 31.9 Å². The summed E-state index contributed by atoms with van der Waals surface area (Å²) in [7, 11) is -5.63. The van der Waals surface area contributed by atoms with Gasteiger partial charge in [0.15, 0.2) is 0 Å². The van der Waals surface area contributed by atoms with Gasteiger partial charge in [-0.1, -0.05) is 54.6 Å². The van der Waals surface area contributed by atoms with E-state index < -0.39 is 21.1 Å². The van der Waals surface area contributed by atoms with Gasteiger partial charge >= 0.3 is 15.5 Å². The molecule has 0 saturated heterocycles. The third-order valence-corrected chi connectivity index (χ3v) is 6.51. The molecule has 0 amide bonds. The quantitative estimate of drug-likeness (QED) is 0.648. The molecule has 2 aromatic carbocycles. The van der Waals surface area contributed by atoms with Crippen molar-refractivity contribution in [1.29, 1.82) is 0 Å². The largest absolute Gasteiger partial charge is 0.516 e. The number of hydrogen-bond donors (Lipinski definition) is 0. The van der Waals surface area contributed by atoms with Crippen LogP contribution in [0.25, 0.3) is 11.6 Å². The molecule has 28 heavy (non-hydrogen) atoms. The predicted octanol–water partition coefficient (Wildman–Crippen LogP) is 5.62. The Morgan fingerprint density at radius 1 is 0.964 bits per heavy atom. The molecule has 0 radical (unpaired) electrons. The van der Waals surface area contributed by atoms with E-state index in [1.54, 1.807) is 31.2 Å². The summed E-state index contributed by atoms with van der Waals surface area (Å²) in [4.78, 5) is 0. The topological polar surface area (TPSA) is 37.4 Å². The lowest BCUT2D eigenvalue weighted by molar-refractivity contribution is -0.0442. The number of hydrogen-bond acceptors (Lipinski definition) is 2. The minimum atomic E-state index is -5.63. The summed E-state index contributed by atoms with van der Waals surface area (Å²) in [5, 5.41) is 0. The van der Waals surface area contributed by atoms with Gasteiger partial charge in [-0.15, -0.1) is 0 Å². The van der Waals surface area contributed by atoms with E-state index in [-0.39, 0.29) is 5.69 Å². The highest BCUT2D eigenvalue weighted by atomic mass is 32.2. The van der Waals surface area contributed by atoms with Crippen LogP contribution >= 0.6 is 0 Å². The molecule has 0 aliphatic carbocycles. The van der Waals surface area contributed by atoms with E-state index in [0.29, 0.717) is 21.0 Å². The lowest BCUT2D eigenvalue weighted by Gasteiger charge is -2.40. The van der Waals surface area contributed by atoms with Gasteiger partial charge in [-0.05, 0) is 49.6 Å². The Labute approximate surface area is 162 Å². The number of para-hydroxylation sites is 1. The molecule has 0 spiro atoms. The van der Waals surface area contributed by atoms with Gasteiger partial charge in [-0.3, -0.25) is 4.31 Å². The third-order valence-electron chi connectivity index (χ3n) is 4.79. The lowest BCUT2D eigenvalue weighted by Crippen LogP contribution is -2.53. The maximum absolute atomic E-state index is 13.6. The van der Waals surface area contributed by atoms with Crippen LogP contribution in [0.15, 0.2) is 66.2 Å². The number of nitrogens with zero attached hydrogens (tertiary/aromatic N) is 1. The van der Waals surface area contributed by atoms with Gasteiger partial charge in [0.05, 0.1) is 11.2 Å². The molecule has 7 heteroatoms. The van der Waals surface area contributed by atoms with Crippen molar-refractivity contribution in [1.82, 2.24) is 0 Å². The Balaban J connectivity index is 2.35. The summed E-state index contributed by atoms with van der Waals surface area (Å²) in [5.41, 5.74) is -4.53. The van der Waals surface area contributed by atoms with Gasteiger partial charge in [-0.2, -0.15) is 21.6 Å². The Hall–Kier alpha value is -2.54. The number of sulfonamides is 1. The smallest absolute Gasteiger partial charge is 0.252 e. The molecule has 0 N–H and O–H groups in total. The zero-order chi connectivity index (χ0) is 20.7. The summed E-state index contributed by atoms with van der Waals surface area (Å²) in [5.74, 6) is 0. The highest BCUT2D eigenvalue weighted by molar-refractivity contribution is 7.93. The standard InChI is InChI=1S/C21H20F3NO2S/c1-15-13-17(14-16-9-5-4-6-10-16)20(2,3)25(28(26,27)21(22,23)24)19-12-8-7-11-18(15)19/h4-14H,1-3H3/b17-14+. The Bertz CT molecular complexity index is 1050. The Morgan fingerprint density at radius 3 is 2.14 bits per heavy atom. The average Bonchev–Trinajstić information content (AvgIpc) is 2.68. The van der Waals surface area contributed by atoms with Crippen molar-refractivity contribution in [3.63, 3.8) is 0 Å². The predicted molar refractivity (Wildman–Crippen MR) is 106 cm³/mol. The first kappa shape index (κ1) is 20.2. The third kappa shape index (κ3) is 3.35. The molecule has 3 nitrogen and oxygen atoms in total. The van der Waals surface area contributed by atoms with Gasteiger partial charge < -0.3 is 0 Å². The summed E-state index contributed by atoms with van der Waals surface area (Å²) in [6, 6.07) is 15.3. The van der Waals surface area contributed by atoms with E-state index in [0.717, 1.165) is 5.56 Å². The van der Waals surface area contributed by atoms with Crippen LogP contribution in [0.5, 0.6) is 0 Å². The molecule has 1 aliphatic rings. The molecule has 0 saturated carbocycles. The van der Waals surface area contributed by atoms with E-state index in [4.69, 9.17) is 0 Å². The molecule has 148 valence electrons. The Kier molecular flexibility index (Phi) is 4.91. The van der Waals surface area contributed by atoms with E-state index in [9.17, 15) is 21.6 Å². The SMILES string of the molecule is CC1=C/C(=C\c2ccccc2)C(C)(C)N(S(=O)(=O)C(F)(F)F)c2ccccc21. The van der Waals surface area contributed by atoms with Gasteiger partial charge in [0.2, 0.25) is 0 Å². The van der Waals surface area contributed by atoms with Crippen LogP contribution < -0.4 is 4.31 Å². The molecule has 3 rings (SSSR count). The van der Waals surface area contributed by atoms with E-state index in [1.165, 1.54) is 26.0 Å². The number of benzene rings is 2. The molecule has 0 unspecified atom stereocenters. The monoisotopic (exact) mass is 407 g/mol. The molecule has 0 bridgehead atoms. The molecule has 1 heterocycles. The number of rotatable bonds is 2. The first-order chi connectivity index (χ1) is 13.0. The van der Waals surface area contributed by atoms with Crippen molar-refractivity contribution >= 4 is 27.4 Å². The minimum absolute atomic E-state index is 0.00929. The van der Waals surface area contributed by atoms with Crippen LogP contribution in [0.2, 0.25) is 0 Å². The normalized spacial score (nSPS) is 18.4. The maximum Gasteiger partial charge on any atom is 0.516 e. The van der Waals surface area contributed by atoms with E-state index in [2.05, 4.69) is 0 Å². The maximum atomic E-state index is 13.6. The first-order valence-corrected chi connectivity index (χ1v) is 10.1. The summed E-state index contributed by atoms with van der Waals surface area (Å²) in [6.07, 6.45) is 3.46. The first-order valence-electron chi connectivity index (χ1n) is 8.63. The summed E-state index contributed by atoms with van der Waals surface area (Å²) in [6.45, 7) is 4.73. The molecule has 1 aliphatic heterocycles. The number of halogens is 3. The summed E-state index contributed by atoms with van der Waals surface area (Å²) < 4.78 is 66.4. The van der Waals surface area contributed by atoms with Crippen molar-refractivity contribution in [3.05, 3.63) is 77.4 Å². The summed E-state index contributed by atoms with van der Waals surface area (Å²) >= 11 is 0. The van der Waals surface area contributed by atoms with Crippen molar-refractivity contribution in [2.75, 3.05) is 4.31 Å². The molecule has 2 aromatic rings. The number of alkyl halides is 3. The fourth-order valence-corrected chi connectivity index (χ4v) is 4.70. The molecular weight excluding hydrogens is 387 g/mol. The zero-order valence-corrected chi connectivity index (χ0v) is 16.5. The second-order valence-electron chi connectivity index (χ2n) is 7.13. The molecular formula is C21H20F3NO2S. The van der Waals surface area contributed by atoms with Crippen LogP contribution in [0.3, 0.4) is 0 Å². The Morgan fingerprint density at radius 2 is 1.54 bits per heavy atom. The number of fused-ring (bicyclic) bond motifs is 1. The molecule has 0 atom stereocenters. The second-order valence-corrected chi connectivity index (χ2v) is 8.91. The van der Waals surface area contributed by atoms with E-state index in [1.807, 2.05) is 30.3 Å². The van der Waals surface area contributed by atoms with Crippen molar-refractivity contribution in [2.24, 2.45) is 0 Å². The fourth-order valence-electron chi connectivity index (χ4n) is 3.37. The molecule has 0 aromatic heterocycles. The fraction of sp³-hybridized carbons (Fsp3) is 0.238. The van der Waals surface area contributed by atoms with Crippen LogP contribution in [-0.4, -0.2) is 19.5 Å². The van der Waals surface area contributed by atoms with Crippen LogP contribution in [-0.2, 0) is 10.0 Å². The molecule has 0 fully saturated rings. The highest BCUT2D eigenvalue weighted by Crippen LogP contribution is 2.45. The minimum Gasteiger partial charge on any atom is -0.252 e. The van der Waals surface area contributed by atoms with Gasteiger partial charge in [0.25, 0.3) is 0 Å². The second kappa shape index (κ2) is 6.81. The van der Waals surface area contributed by atoms with E-state index >= 15 is 0 Å². The zero-order valence-electron chi connectivity index (χ0n) is 15.7. The number of anilines is 1. The lowest BCUT2D eigenvalue weighted by atomic mass is 9.91. The van der Waals surface area contributed by atoms with Crippen molar-refractivity contribution < 1.29 is 21.6 Å². The van der Waals surface area contributed by atoms with Gasteiger partial charge in [0.1, 0.15) is 0 Å². The van der Waals surface area contributed by atoms with Gasteiger partial charge in [-0.25, -0.2) is 0 Å². The van der Waals surface area contributed by atoms with Gasteiger partial charge in [0, 0.05) is 5.56 Å². The van der Waals surface area contributed by atoms with Crippen LogP contribution in [0.4, 0.5) is 18.9 Å². The number of allylic oxidation sites excluding steroid dienone is 1. The average molecular weight is 407 g/mol. The van der Waals surface area contributed by atoms with Crippen LogP contribution in [0, 0.1) is 0 Å². The van der Waals surface area contributed by atoms with Crippen molar-refractivity contribution in [2.45, 2.75) is 31.8 Å². The highest BCUT2D eigenvalue weighted by Gasteiger charge is 2.55.